The number of nitrogens with zero attached hydrogens (tertiary/aromatic N) is 1. The standard InChI is InChI=1S/C27H30N2O5S/c1-5-6-7-9-19-15-23(30)24(22-14-18(4)11-12-21(22)17(2)3)25(31)26(19)35(33,34)29-27(32)20-10-8-13-28-16-20/h8,10-16,30-31H,2,5-7,9H2,1,3-4H3,(H,29,32). The Bertz CT molecular complexity index is 1370. The zero-order valence-corrected chi connectivity index (χ0v) is 20.9. The number of pyridine rings is 1. The number of unbranched alkanes of at least 4 members (excludes halogenated alkanes) is 2. The van der Waals surface area contributed by atoms with Gasteiger partial charge in [0.1, 0.15) is 16.4 Å². The molecule has 2 aromatic carbocycles. The highest BCUT2D eigenvalue weighted by atomic mass is 32.2. The van der Waals surface area contributed by atoms with Gasteiger partial charge in [0.2, 0.25) is 0 Å². The van der Waals surface area contributed by atoms with E-state index in [0.29, 0.717) is 29.5 Å². The Balaban J connectivity index is 2.23. The molecule has 1 heterocycles. The fourth-order valence-corrected chi connectivity index (χ4v) is 5.30. The summed E-state index contributed by atoms with van der Waals surface area (Å²) < 4.78 is 29.0. The molecule has 0 bridgehead atoms. The Kier molecular flexibility index (Phi) is 7.96. The van der Waals surface area contributed by atoms with Crippen LogP contribution in [0.2, 0.25) is 0 Å². The molecule has 7 nitrogen and oxygen atoms in total. The van der Waals surface area contributed by atoms with Gasteiger partial charge in [0, 0.05) is 12.4 Å². The molecule has 8 heteroatoms. The first-order chi connectivity index (χ1) is 16.6. The van der Waals surface area contributed by atoms with Gasteiger partial charge in [0.05, 0.1) is 11.1 Å². The molecule has 0 aliphatic carbocycles. The number of phenolic OH excluding ortho intramolecular Hbond substituents is 2. The predicted octanol–water partition coefficient (Wildman–Crippen LogP) is 5.35. The van der Waals surface area contributed by atoms with Gasteiger partial charge in [-0.1, -0.05) is 55.7 Å². The Hall–Kier alpha value is -3.65. The summed E-state index contributed by atoms with van der Waals surface area (Å²) >= 11 is 0. The second kappa shape index (κ2) is 10.7. The van der Waals surface area contributed by atoms with Gasteiger partial charge in [-0.05, 0) is 61.6 Å². The molecule has 0 saturated carbocycles. The van der Waals surface area contributed by atoms with E-state index in [4.69, 9.17) is 0 Å². The van der Waals surface area contributed by atoms with Gasteiger partial charge in [-0.25, -0.2) is 13.1 Å². The van der Waals surface area contributed by atoms with Crippen LogP contribution < -0.4 is 4.72 Å². The van der Waals surface area contributed by atoms with E-state index in [2.05, 4.69) is 11.6 Å². The third-order valence-electron chi connectivity index (χ3n) is 5.68. The summed E-state index contributed by atoms with van der Waals surface area (Å²) in [6.45, 7) is 9.62. The van der Waals surface area contributed by atoms with E-state index >= 15 is 0 Å². The number of amides is 1. The smallest absolute Gasteiger partial charge is 0.268 e. The SMILES string of the molecule is C=C(C)c1ccc(C)cc1-c1c(O)cc(CCCCC)c(S(=O)(=O)NC(=O)c2cccnc2)c1O. The van der Waals surface area contributed by atoms with Crippen LogP contribution in [0.25, 0.3) is 16.7 Å². The molecule has 0 saturated heterocycles. The van der Waals surface area contributed by atoms with Crippen molar-refractivity contribution in [2.45, 2.75) is 51.3 Å². The fraction of sp³-hybridized carbons (Fsp3) is 0.259. The molecular weight excluding hydrogens is 464 g/mol. The van der Waals surface area contributed by atoms with E-state index in [1.807, 2.05) is 24.6 Å². The fourth-order valence-electron chi connectivity index (χ4n) is 3.97. The van der Waals surface area contributed by atoms with Gasteiger partial charge in [-0.2, -0.15) is 0 Å². The molecule has 0 fully saturated rings. The maximum absolute atomic E-state index is 13.5. The maximum Gasteiger partial charge on any atom is 0.268 e. The van der Waals surface area contributed by atoms with Crippen molar-refractivity contribution < 1.29 is 23.4 Å². The molecule has 0 aliphatic rings. The van der Waals surface area contributed by atoms with Crippen molar-refractivity contribution in [3.63, 3.8) is 0 Å². The van der Waals surface area contributed by atoms with Crippen LogP contribution in [-0.2, 0) is 16.4 Å². The summed E-state index contributed by atoms with van der Waals surface area (Å²) in [5, 5.41) is 22.3. The number of phenols is 2. The molecule has 35 heavy (non-hydrogen) atoms. The molecule has 0 unspecified atom stereocenters. The lowest BCUT2D eigenvalue weighted by molar-refractivity contribution is 0.0981. The molecular formula is C27H30N2O5S. The first kappa shape index (κ1) is 26.0. The Morgan fingerprint density at radius 2 is 1.89 bits per heavy atom. The van der Waals surface area contributed by atoms with Crippen LogP contribution in [0, 0.1) is 6.92 Å². The lowest BCUT2D eigenvalue weighted by Gasteiger charge is -2.19. The van der Waals surface area contributed by atoms with Crippen LogP contribution in [0.1, 0.15) is 60.2 Å². The number of aromatic nitrogens is 1. The van der Waals surface area contributed by atoms with E-state index in [0.717, 1.165) is 18.4 Å². The highest BCUT2D eigenvalue weighted by molar-refractivity contribution is 7.90. The summed E-state index contributed by atoms with van der Waals surface area (Å²) in [6.07, 6.45) is 5.41. The Labute approximate surface area is 206 Å². The van der Waals surface area contributed by atoms with Crippen LogP contribution in [0.4, 0.5) is 0 Å². The second-order valence-electron chi connectivity index (χ2n) is 8.57. The summed E-state index contributed by atoms with van der Waals surface area (Å²) in [4.78, 5) is 16.1. The third kappa shape index (κ3) is 5.71. The number of hydrogen-bond acceptors (Lipinski definition) is 6. The van der Waals surface area contributed by atoms with Gasteiger partial charge in [0.25, 0.3) is 15.9 Å². The van der Waals surface area contributed by atoms with E-state index in [9.17, 15) is 23.4 Å². The average Bonchev–Trinajstić information content (AvgIpc) is 2.79. The first-order valence-corrected chi connectivity index (χ1v) is 12.9. The number of aromatic hydroxyl groups is 2. The van der Waals surface area contributed by atoms with Crippen molar-refractivity contribution in [1.82, 2.24) is 9.71 Å². The summed E-state index contributed by atoms with van der Waals surface area (Å²) in [7, 11) is -4.51. The summed E-state index contributed by atoms with van der Waals surface area (Å²) in [5.74, 6) is -1.74. The quantitative estimate of drug-likeness (QED) is 0.345. The second-order valence-corrected chi connectivity index (χ2v) is 10.2. The summed E-state index contributed by atoms with van der Waals surface area (Å²) in [6, 6.07) is 9.74. The van der Waals surface area contributed by atoms with Gasteiger partial charge in [-0.3, -0.25) is 9.78 Å². The number of carbonyl (C=O) groups excluding carboxylic acids is 1. The minimum Gasteiger partial charge on any atom is -0.507 e. The first-order valence-electron chi connectivity index (χ1n) is 11.4. The van der Waals surface area contributed by atoms with Crippen molar-refractivity contribution in [3.8, 4) is 22.6 Å². The number of benzene rings is 2. The topological polar surface area (TPSA) is 117 Å². The van der Waals surface area contributed by atoms with Crippen LogP contribution in [0.3, 0.4) is 0 Å². The van der Waals surface area contributed by atoms with Gasteiger partial charge in [0.15, 0.2) is 0 Å². The van der Waals surface area contributed by atoms with E-state index in [-0.39, 0.29) is 22.4 Å². The molecule has 3 rings (SSSR count). The molecule has 0 spiro atoms. The number of rotatable bonds is 9. The normalized spacial score (nSPS) is 11.3. The van der Waals surface area contributed by atoms with E-state index in [1.54, 1.807) is 19.1 Å². The minimum atomic E-state index is -4.51. The van der Waals surface area contributed by atoms with Crippen molar-refractivity contribution in [1.29, 1.82) is 0 Å². The molecule has 184 valence electrons. The lowest BCUT2D eigenvalue weighted by Crippen LogP contribution is -2.31. The third-order valence-corrected chi connectivity index (χ3v) is 7.13. The maximum atomic E-state index is 13.5. The number of allylic oxidation sites excluding steroid dienone is 1. The largest absolute Gasteiger partial charge is 0.507 e. The molecule has 0 radical (unpaired) electrons. The Morgan fingerprint density at radius 1 is 1.14 bits per heavy atom. The van der Waals surface area contributed by atoms with Crippen LogP contribution >= 0.6 is 0 Å². The summed E-state index contributed by atoms with van der Waals surface area (Å²) in [5.41, 5.74) is 2.90. The number of carbonyl (C=O) groups is 1. The van der Waals surface area contributed by atoms with Crippen LogP contribution in [0.15, 0.2) is 60.3 Å². The van der Waals surface area contributed by atoms with Crippen molar-refractivity contribution >= 4 is 21.5 Å². The zero-order chi connectivity index (χ0) is 25.8. The highest BCUT2D eigenvalue weighted by Crippen LogP contribution is 2.46. The number of aryl methyl sites for hydroxylation is 2. The van der Waals surface area contributed by atoms with Crippen molar-refractivity contribution in [2.75, 3.05) is 0 Å². The minimum absolute atomic E-state index is 0.0276. The van der Waals surface area contributed by atoms with Crippen molar-refractivity contribution in [3.05, 3.63) is 77.6 Å². The predicted molar refractivity (Wildman–Crippen MR) is 137 cm³/mol. The molecule has 3 N–H and O–H groups in total. The van der Waals surface area contributed by atoms with Crippen LogP contribution in [0.5, 0.6) is 11.5 Å². The molecule has 1 aromatic heterocycles. The molecule has 3 aromatic rings. The van der Waals surface area contributed by atoms with Gasteiger partial charge >= 0.3 is 0 Å². The monoisotopic (exact) mass is 494 g/mol. The highest BCUT2D eigenvalue weighted by Gasteiger charge is 2.30. The van der Waals surface area contributed by atoms with E-state index in [1.165, 1.54) is 30.6 Å². The molecule has 1 amide bonds. The molecule has 0 aliphatic heterocycles. The number of hydrogen-bond donors (Lipinski definition) is 3. The van der Waals surface area contributed by atoms with Crippen LogP contribution in [-0.4, -0.2) is 29.5 Å². The van der Waals surface area contributed by atoms with Gasteiger partial charge in [-0.15, -0.1) is 0 Å². The van der Waals surface area contributed by atoms with Crippen molar-refractivity contribution in [2.24, 2.45) is 0 Å². The zero-order valence-electron chi connectivity index (χ0n) is 20.1. The Morgan fingerprint density at radius 3 is 2.51 bits per heavy atom. The van der Waals surface area contributed by atoms with E-state index < -0.39 is 26.6 Å². The van der Waals surface area contributed by atoms with Gasteiger partial charge < -0.3 is 10.2 Å². The molecule has 0 atom stereocenters. The average molecular weight is 495 g/mol. The number of sulfonamides is 1. The number of nitrogens with one attached hydrogen (secondary N) is 1. The lowest BCUT2D eigenvalue weighted by atomic mass is 9.91.